The Morgan fingerprint density at radius 1 is 1.46 bits per heavy atom. The molecular formula is C20H19BrFN4O2. The number of hydrogen-bond acceptors (Lipinski definition) is 4. The van der Waals surface area contributed by atoms with Gasteiger partial charge in [0.05, 0.1) is 16.8 Å². The van der Waals surface area contributed by atoms with Gasteiger partial charge >= 0.3 is 5.97 Å². The zero-order valence-corrected chi connectivity index (χ0v) is 16.6. The zero-order chi connectivity index (χ0) is 19.9. The molecule has 1 saturated carbocycles. The molecule has 28 heavy (non-hydrogen) atoms. The molecule has 0 aliphatic heterocycles. The maximum Gasteiger partial charge on any atom is 0.311 e. The Morgan fingerprint density at radius 2 is 2.25 bits per heavy atom. The van der Waals surface area contributed by atoms with Crippen LogP contribution in [0.2, 0.25) is 0 Å². The monoisotopic (exact) mass is 445 g/mol. The lowest BCUT2D eigenvalue weighted by molar-refractivity contribution is -0.158. The zero-order valence-electron chi connectivity index (χ0n) is 15.0. The van der Waals surface area contributed by atoms with Crippen LogP contribution in [0.4, 0.5) is 16.0 Å². The van der Waals surface area contributed by atoms with Crippen LogP contribution < -0.4 is 5.32 Å². The third-order valence-electron chi connectivity index (χ3n) is 5.52. The van der Waals surface area contributed by atoms with E-state index in [-0.39, 0.29) is 11.9 Å². The third-order valence-corrected chi connectivity index (χ3v) is 6.15. The number of nitrogens with one attached hydrogen (secondary N) is 1. The average molecular weight is 446 g/mol. The number of hydrogen-bond donors (Lipinski definition) is 2. The van der Waals surface area contributed by atoms with Gasteiger partial charge in [-0.25, -0.2) is 9.37 Å². The molecule has 1 fully saturated rings. The molecule has 1 aliphatic rings. The molecule has 0 spiro atoms. The van der Waals surface area contributed by atoms with Crippen molar-refractivity contribution in [1.29, 1.82) is 0 Å². The minimum atomic E-state index is -0.825. The predicted molar refractivity (Wildman–Crippen MR) is 108 cm³/mol. The Balaban J connectivity index is 1.77. The van der Waals surface area contributed by atoms with Crippen molar-refractivity contribution in [3.63, 3.8) is 0 Å². The quantitative estimate of drug-likeness (QED) is 0.551. The van der Waals surface area contributed by atoms with Gasteiger partial charge in [-0.2, -0.15) is 4.98 Å². The van der Waals surface area contributed by atoms with Crippen molar-refractivity contribution in [2.24, 2.45) is 5.41 Å². The van der Waals surface area contributed by atoms with E-state index in [0.29, 0.717) is 36.5 Å². The summed E-state index contributed by atoms with van der Waals surface area (Å²) in [5.74, 6) is -0.842. The molecule has 1 radical (unpaired) electrons. The number of fused-ring (bicyclic) bond motifs is 1. The number of carboxylic acid groups (broad SMARTS) is 1. The number of carbonyl (C=O) groups is 1. The standard InChI is InChI=1S/C20H19BrFN4O2/c1-2-16(20(18(27)28)7-4-8-20)26-11-15(21)14-10-23-19(25-17(14)26)24-13-6-3-5-12(22)9-13/h3,5-6,9-11,16H,1-2,4,7-8H2,(H,27,28)(H,23,24,25). The smallest absolute Gasteiger partial charge is 0.311 e. The van der Waals surface area contributed by atoms with Crippen LogP contribution in [-0.2, 0) is 4.79 Å². The topological polar surface area (TPSA) is 80.0 Å². The van der Waals surface area contributed by atoms with Crippen molar-refractivity contribution in [2.45, 2.75) is 31.7 Å². The van der Waals surface area contributed by atoms with E-state index < -0.39 is 11.4 Å². The second-order valence-electron chi connectivity index (χ2n) is 7.07. The fraction of sp³-hybridized carbons (Fsp3) is 0.300. The van der Waals surface area contributed by atoms with Crippen molar-refractivity contribution < 1.29 is 14.3 Å². The van der Waals surface area contributed by atoms with E-state index in [1.807, 2.05) is 10.8 Å². The molecule has 145 valence electrons. The lowest BCUT2D eigenvalue weighted by Gasteiger charge is -2.44. The first-order valence-electron chi connectivity index (χ1n) is 9.03. The van der Waals surface area contributed by atoms with Crippen molar-refractivity contribution >= 4 is 44.6 Å². The molecule has 6 nitrogen and oxygen atoms in total. The van der Waals surface area contributed by atoms with Gasteiger partial charge in [-0.3, -0.25) is 4.79 Å². The van der Waals surface area contributed by atoms with Crippen LogP contribution in [0.25, 0.3) is 11.0 Å². The highest BCUT2D eigenvalue weighted by molar-refractivity contribution is 9.10. The molecule has 2 heterocycles. The van der Waals surface area contributed by atoms with Crippen LogP contribution in [0.5, 0.6) is 0 Å². The van der Waals surface area contributed by atoms with E-state index in [9.17, 15) is 14.3 Å². The van der Waals surface area contributed by atoms with Crippen LogP contribution >= 0.6 is 15.9 Å². The minimum absolute atomic E-state index is 0.311. The number of nitrogens with zero attached hydrogens (tertiary/aromatic N) is 3. The van der Waals surface area contributed by atoms with Gasteiger partial charge in [-0.05, 0) is 53.4 Å². The summed E-state index contributed by atoms with van der Waals surface area (Å²) < 4.78 is 16.1. The Kier molecular flexibility index (Phi) is 4.82. The molecule has 1 aromatic carbocycles. The third kappa shape index (κ3) is 3.05. The highest BCUT2D eigenvalue weighted by Gasteiger charge is 2.51. The lowest BCUT2D eigenvalue weighted by Crippen LogP contribution is -2.45. The maximum absolute atomic E-state index is 13.4. The van der Waals surface area contributed by atoms with Crippen LogP contribution in [-0.4, -0.2) is 25.6 Å². The highest BCUT2D eigenvalue weighted by Crippen LogP contribution is 2.52. The van der Waals surface area contributed by atoms with E-state index in [4.69, 9.17) is 0 Å². The number of carboxylic acids is 1. The van der Waals surface area contributed by atoms with Crippen molar-refractivity contribution in [3.05, 3.63) is 53.9 Å². The van der Waals surface area contributed by atoms with E-state index in [1.54, 1.807) is 18.3 Å². The Bertz CT molecular complexity index is 1050. The maximum atomic E-state index is 13.4. The largest absolute Gasteiger partial charge is 0.481 e. The van der Waals surface area contributed by atoms with Crippen LogP contribution in [0.15, 0.2) is 41.1 Å². The first-order chi connectivity index (χ1) is 13.4. The summed E-state index contributed by atoms with van der Waals surface area (Å²) in [7, 11) is 0. The molecule has 1 atom stereocenters. The van der Waals surface area contributed by atoms with Crippen LogP contribution in [0.3, 0.4) is 0 Å². The second kappa shape index (κ2) is 7.16. The summed E-state index contributed by atoms with van der Waals surface area (Å²) in [6.07, 6.45) is 6.09. The average Bonchev–Trinajstić information content (AvgIpc) is 2.93. The first kappa shape index (κ1) is 18.9. The van der Waals surface area contributed by atoms with Crippen molar-refractivity contribution in [3.8, 4) is 0 Å². The molecular weight excluding hydrogens is 427 g/mol. The molecule has 2 N–H and O–H groups in total. The number of anilines is 2. The van der Waals surface area contributed by atoms with Gasteiger partial charge in [0.1, 0.15) is 11.5 Å². The molecule has 0 bridgehead atoms. The van der Waals surface area contributed by atoms with Crippen molar-refractivity contribution in [2.75, 3.05) is 5.32 Å². The predicted octanol–water partition coefficient (Wildman–Crippen LogP) is 5.10. The van der Waals surface area contributed by atoms with Gasteiger partial charge in [-0.15, -0.1) is 0 Å². The van der Waals surface area contributed by atoms with Crippen LogP contribution in [0.1, 0.15) is 31.7 Å². The molecule has 1 aliphatic carbocycles. The Morgan fingerprint density at radius 3 is 2.86 bits per heavy atom. The van der Waals surface area contributed by atoms with Gasteiger partial charge in [0.15, 0.2) is 0 Å². The Labute approximate surface area is 169 Å². The number of aromatic nitrogens is 3. The summed E-state index contributed by atoms with van der Waals surface area (Å²) in [4.78, 5) is 20.9. The van der Waals surface area contributed by atoms with Gasteiger partial charge in [0, 0.05) is 22.6 Å². The fourth-order valence-electron chi connectivity index (χ4n) is 3.91. The molecule has 3 aromatic rings. The van der Waals surface area contributed by atoms with E-state index in [0.717, 1.165) is 16.3 Å². The first-order valence-corrected chi connectivity index (χ1v) is 9.82. The second-order valence-corrected chi connectivity index (χ2v) is 7.92. The Hall–Kier alpha value is -2.48. The summed E-state index contributed by atoms with van der Waals surface area (Å²) in [6.45, 7) is 4.01. The SMILES string of the molecule is [CH2]CC(n1cc(Br)c2cnc(Nc3cccc(F)c3)nc21)C1(C(=O)O)CCC1. The van der Waals surface area contributed by atoms with Gasteiger partial charge in [-0.1, -0.05) is 19.4 Å². The van der Waals surface area contributed by atoms with Crippen LogP contribution in [0, 0.1) is 18.2 Å². The molecule has 8 heteroatoms. The van der Waals surface area contributed by atoms with E-state index in [1.165, 1.54) is 12.1 Å². The van der Waals surface area contributed by atoms with Gasteiger partial charge in [0.2, 0.25) is 5.95 Å². The molecule has 1 unspecified atom stereocenters. The number of benzene rings is 1. The molecule has 0 amide bonds. The summed E-state index contributed by atoms with van der Waals surface area (Å²) in [6, 6.07) is 5.72. The van der Waals surface area contributed by atoms with E-state index >= 15 is 0 Å². The lowest BCUT2D eigenvalue weighted by atomic mass is 9.63. The summed E-state index contributed by atoms with van der Waals surface area (Å²) in [5.41, 5.74) is 0.321. The van der Waals surface area contributed by atoms with Gasteiger partial charge in [0.25, 0.3) is 0 Å². The van der Waals surface area contributed by atoms with E-state index in [2.05, 4.69) is 38.1 Å². The van der Waals surface area contributed by atoms with Gasteiger partial charge < -0.3 is 15.0 Å². The van der Waals surface area contributed by atoms with Crippen molar-refractivity contribution in [1.82, 2.24) is 14.5 Å². The summed E-state index contributed by atoms with van der Waals surface area (Å²) >= 11 is 3.52. The highest BCUT2D eigenvalue weighted by atomic mass is 79.9. The minimum Gasteiger partial charge on any atom is -0.481 e. The number of aliphatic carboxylic acids is 1. The molecule has 4 rings (SSSR count). The molecule has 2 aromatic heterocycles. The number of halogens is 2. The molecule has 0 saturated heterocycles. The summed E-state index contributed by atoms with van der Waals surface area (Å²) in [5, 5.41) is 13.6. The fourth-order valence-corrected chi connectivity index (χ4v) is 4.41. The normalized spacial score (nSPS) is 16.5. The number of rotatable bonds is 6.